The van der Waals surface area contributed by atoms with Crippen molar-refractivity contribution in [2.75, 3.05) is 6.61 Å². The van der Waals surface area contributed by atoms with E-state index in [-0.39, 0.29) is 23.5 Å². The molecule has 43 heavy (non-hydrogen) atoms. The van der Waals surface area contributed by atoms with Crippen molar-refractivity contribution in [2.45, 2.75) is 25.9 Å². The van der Waals surface area contributed by atoms with Crippen molar-refractivity contribution in [3.8, 4) is 34.5 Å². The number of rotatable bonds is 8. The fourth-order valence-electron chi connectivity index (χ4n) is 3.87. The molecule has 0 atom stereocenters. The molecule has 0 aliphatic heterocycles. The summed E-state index contributed by atoms with van der Waals surface area (Å²) in [6, 6.07) is 5.48. The number of alkyl halides is 2. The molecule has 0 amide bonds. The van der Waals surface area contributed by atoms with Crippen LogP contribution in [0, 0.1) is 58.4 Å². The van der Waals surface area contributed by atoms with Crippen molar-refractivity contribution in [2.24, 2.45) is 0 Å². The Balaban J connectivity index is 1.58. The van der Waals surface area contributed by atoms with Crippen LogP contribution >= 0.6 is 0 Å². The maximum atomic E-state index is 14.9. The van der Waals surface area contributed by atoms with Crippen LogP contribution < -0.4 is 9.47 Å². The Morgan fingerprint density at radius 2 is 1.23 bits per heavy atom. The van der Waals surface area contributed by atoms with E-state index >= 15 is 0 Å². The first kappa shape index (κ1) is 31.3. The van der Waals surface area contributed by atoms with Crippen LogP contribution in [0.5, 0.6) is 11.5 Å². The zero-order chi connectivity index (χ0) is 31.5. The quantitative estimate of drug-likeness (QED) is 0.0855. The molecule has 0 aromatic heterocycles. The molecule has 4 rings (SSSR count). The highest BCUT2D eigenvalue weighted by Crippen LogP contribution is 2.38. The van der Waals surface area contributed by atoms with Crippen molar-refractivity contribution in [1.82, 2.24) is 0 Å². The van der Waals surface area contributed by atoms with Crippen LogP contribution in [0.1, 0.15) is 36.5 Å². The topological polar surface area (TPSA) is 18.5 Å². The number of halogens is 10. The molecule has 12 heteroatoms. The molecule has 0 saturated carbocycles. The van der Waals surface area contributed by atoms with Gasteiger partial charge in [-0.15, -0.1) is 0 Å². The molecule has 0 spiro atoms. The van der Waals surface area contributed by atoms with Gasteiger partial charge in [0.15, 0.2) is 17.5 Å². The first-order chi connectivity index (χ1) is 20.3. The summed E-state index contributed by atoms with van der Waals surface area (Å²) >= 11 is 0. The molecule has 0 aliphatic carbocycles. The predicted molar refractivity (Wildman–Crippen MR) is 135 cm³/mol. The summed E-state index contributed by atoms with van der Waals surface area (Å²) in [4.78, 5) is 0. The third-order valence-electron chi connectivity index (χ3n) is 5.92. The van der Waals surface area contributed by atoms with E-state index in [1.165, 1.54) is 0 Å². The lowest BCUT2D eigenvalue weighted by atomic mass is 10.0. The van der Waals surface area contributed by atoms with Gasteiger partial charge in [-0.2, -0.15) is 8.78 Å². The summed E-state index contributed by atoms with van der Waals surface area (Å²) < 4.78 is 152. The van der Waals surface area contributed by atoms with Gasteiger partial charge in [-0.25, -0.2) is 35.1 Å². The second-order valence-electron chi connectivity index (χ2n) is 9.04. The summed E-state index contributed by atoms with van der Waals surface area (Å²) in [7, 11) is 0. The lowest BCUT2D eigenvalue weighted by Gasteiger charge is -2.20. The molecule has 0 bridgehead atoms. The largest absolute Gasteiger partial charge is 0.493 e. The molecule has 0 heterocycles. The minimum absolute atomic E-state index is 0.0883. The van der Waals surface area contributed by atoms with Crippen LogP contribution in [0.3, 0.4) is 0 Å². The van der Waals surface area contributed by atoms with E-state index < -0.39 is 75.1 Å². The Bertz CT molecular complexity index is 1670. The summed E-state index contributed by atoms with van der Waals surface area (Å²) in [6.07, 6.45) is -3.45. The summed E-state index contributed by atoms with van der Waals surface area (Å²) in [5, 5.41) is 0. The van der Waals surface area contributed by atoms with Crippen molar-refractivity contribution in [1.29, 1.82) is 0 Å². The Labute approximate surface area is 238 Å². The van der Waals surface area contributed by atoms with E-state index in [0.29, 0.717) is 55.3 Å². The zero-order valence-corrected chi connectivity index (χ0v) is 21.9. The van der Waals surface area contributed by atoms with Crippen molar-refractivity contribution < 1.29 is 53.4 Å². The van der Waals surface area contributed by atoms with Gasteiger partial charge < -0.3 is 9.47 Å². The SMILES string of the molecule is CCCCOc1cc(F)c(C(F)(F)Oc2cc(F)c(-c3ccc(C#Cc4cc(F)c(F)c(F)c4)c(F)c3)c(F)c2)c(F)c1. The Kier molecular flexibility index (Phi) is 9.23. The van der Waals surface area contributed by atoms with Crippen molar-refractivity contribution in [3.63, 3.8) is 0 Å². The van der Waals surface area contributed by atoms with E-state index in [2.05, 4.69) is 16.6 Å². The monoisotopic (exact) mass is 612 g/mol. The van der Waals surface area contributed by atoms with Gasteiger partial charge in [0.2, 0.25) is 0 Å². The number of hydrogen-bond donors (Lipinski definition) is 0. The highest BCUT2D eigenvalue weighted by atomic mass is 19.3. The smallest absolute Gasteiger partial charge is 0.432 e. The van der Waals surface area contributed by atoms with Crippen molar-refractivity contribution in [3.05, 3.63) is 118 Å². The summed E-state index contributed by atoms with van der Waals surface area (Å²) in [5.74, 6) is -9.28. The molecule has 0 saturated heterocycles. The number of benzene rings is 4. The Hall–Kier alpha value is -4.66. The summed E-state index contributed by atoms with van der Waals surface area (Å²) in [6.45, 7) is 1.92. The van der Waals surface area contributed by atoms with Crippen LogP contribution in [-0.4, -0.2) is 6.61 Å². The second kappa shape index (κ2) is 12.7. The Morgan fingerprint density at radius 1 is 0.651 bits per heavy atom. The molecule has 0 aliphatic rings. The first-order valence-electron chi connectivity index (χ1n) is 12.5. The Morgan fingerprint density at radius 3 is 1.79 bits per heavy atom. The van der Waals surface area contributed by atoms with E-state index in [1.807, 2.05) is 6.92 Å². The van der Waals surface area contributed by atoms with E-state index in [4.69, 9.17) is 4.74 Å². The van der Waals surface area contributed by atoms with Gasteiger partial charge in [-0.05, 0) is 36.2 Å². The number of hydrogen-bond acceptors (Lipinski definition) is 2. The normalized spacial score (nSPS) is 11.2. The van der Waals surface area contributed by atoms with Crippen LogP contribution in [0.25, 0.3) is 11.1 Å². The zero-order valence-electron chi connectivity index (χ0n) is 21.9. The molecule has 4 aromatic rings. The average molecular weight is 612 g/mol. The molecule has 0 N–H and O–H groups in total. The van der Waals surface area contributed by atoms with Gasteiger partial charge in [-0.1, -0.05) is 31.3 Å². The lowest BCUT2D eigenvalue weighted by molar-refractivity contribution is -0.189. The van der Waals surface area contributed by atoms with Gasteiger partial charge in [0.1, 0.15) is 46.1 Å². The van der Waals surface area contributed by atoms with Crippen LogP contribution in [-0.2, 0) is 6.11 Å². The second-order valence-corrected chi connectivity index (χ2v) is 9.04. The fourth-order valence-corrected chi connectivity index (χ4v) is 3.87. The van der Waals surface area contributed by atoms with E-state index in [1.54, 1.807) is 0 Å². The van der Waals surface area contributed by atoms with Gasteiger partial charge in [-0.3, -0.25) is 0 Å². The van der Waals surface area contributed by atoms with Crippen LogP contribution in [0.2, 0.25) is 0 Å². The highest BCUT2D eigenvalue weighted by molar-refractivity contribution is 5.67. The van der Waals surface area contributed by atoms with Crippen LogP contribution in [0.4, 0.5) is 43.9 Å². The molecule has 0 fully saturated rings. The van der Waals surface area contributed by atoms with E-state index in [0.717, 1.165) is 12.1 Å². The van der Waals surface area contributed by atoms with Crippen LogP contribution in [0.15, 0.2) is 54.6 Å². The fraction of sp³-hybridized carbons (Fsp3) is 0.161. The standard InChI is InChI=1S/C31H18F10O2/c1-2-3-8-42-19-12-24(35)29(25(36)13-19)31(40,41)43-20-14-22(33)28(23(34)15-20)18-7-6-17(21(32)11-18)5-4-16-9-26(37)30(39)27(38)10-16/h6-7,9-15H,2-3,8H2,1H3. The molecule has 4 aromatic carbocycles. The molecule has 2 nitrogen and oxygen atoms in total. The maximum absolute atomic E-state index is 14.9. The minimum Gasteiger partial charge on any atom is -0.493 e. The third-order valence-corrected chi connectivity index (χ3v) is 5.92. The first-order valence-corrected chi connectivity index (χ1v) is 12.5. The lowest BCUT2D eigenvalue weighted by Crippen LogP contribution is -2.25. The molecular formula is C31H18F10O2. The average Bonchev–Trinajstić information content (AvgIpc) is 2.90. The molecule has 0 unspecified atom stereocenters. The number of ether oxygens (including phenoxy) is 2. The molecule has 224 valence electrons. The van der Waals surface area contributed by atoms with Gasteiger partial charge in [0.25, 0.3) is 0 Å². The van der Waals surface area contributed by atoms with Gasteiger partial charge in [0, 0.05) is 29.8 Å². The van der Waals surface area contributed by atoms with Gasteiger partial charge in [0.05, 0.1) is 17.7 Å². The number of unbranched alkanes of at least 4 members (excludes halogenated alkanes) is 1. The molecular weight excluding hydrogens is 594 g/mol. The molecule has 0 radical (unpaired) electrons. The van der Waals surface area contributed by atoms with E-state index in [9.17, 15) is 43.9 Å². The highest BCUT2D eigenvalue weighted by Gasteiger charge is 2.41. The maximum Gasteiger partial charge on any atom is 0.432 e. The van der Waals surface area contributed by atoms with Crippen molar-refractivity contribution >= 4 is 0 Å². The summed E-state index contributed by atoms with van der Waals surface area (Å²) in [5.41, 5.74) is -3.75. The predicted octanol–water partition coefficient (Wildman–Crippen LogP) is 9.17. The third kappa shape index (κ3) is 7.05. The van der Waals surface area contributed by atoms with Gasteiger partial charge >= 0.3 is 6.11 Å². The minimum atomic E-state index is -4.71.